The molecule has 0 aliphatic rings. The van der Waals surface area contributed by atoms with Crippen molar-refractivity contribution in [2.75, 3.05) is 18.5 Å². The van der Waals surface area contributed by atoms with E-state index >= 15 is 0 Å². The molecule has 0 aromatic heterocycles. The van der Waals surface area contributed by atoms with Gasteiger partial charge >= 0.3 is 5.97 Å². The van der Waals surface area contributed by atoms with Crippen LogP contribution in [0.1, 0.15) is 16.7 Å². The Kier molecular flexibility index (Phi) is 6.70. The molecule has 0 atom stereocenters. The van der Waals surface area contributed by atoms with Crippen molar-refractivity contribution < 1.29 is 22.7 Å². The molecule has 2 aromatic rings. The maximum atomic E-state index is 12.2. The van der Waals surface area contributed by atoms with Gasteiger partial charge in [-0.2, -0.15) is 4.72 Å². The average molecular weight is 390 g/mol. The van der Waals surface area contributed by atoms with E-state index in [1.54, 1.807) is 25.1 Å². The number of hydrogen-bond donors (Lipinski definition) is 2. The molecule has 7 nitrogen and oxygen atoms in total. The van der Waals surface area contributed by atoms with Gasteiger partial charge in [0.2, 0.25) is 10.0 Å². The number of para-hydroxylation sites is 1. The van der Waals surface area contributed by atoms with E-state index in [-0.39, 0.29) is 4.90 Å². The molecule has 144 valence electrons. The predicted octanol–water partition coefficient (Wildman–Crippen LogP) is 2.07. The standard InChI is InChI=1S/C19H22N2O5S/c1-13-8-9-16(10-15(13)3)27(24,25)20-11-19(23)26-12-18(22)21-17-7-5-4-6-14(17)2/h4-10,20H,11-12H2,1-3H3,(H,21,22). The molecule has 1 amide bonds. The SMILES string of the molecule is Cc1ccc(S(=O)(=O)NCC(=O)OCC(=O)Nc2ccccc2C)cc1C. The fraction of sp³-hybridized carbons (Fsp3) is 0.263. The molecule has 8 heteroatoms. The second kappa shape index (κ2) is 8.79. The van der Waals surface area contributed by atoms with Crippen LogP contribution in [-0.2, 0) is 24.3 Å². The number of esters is 1. The van der Waals surface area contributed by atoms with E-state index in [0.29, 0.717) is 5.69 Å². The fourth-order valence-electron chi connectivity index (χ4n) is 2.21. The van der Waals surface area contributed by atoms with Crippen LogP contribution in [0.5, 0.6) is 0 Å². The van der Waals surface area contributed by atoms with Crippen molar-refractivity contribution in [2.45, 2.75) is 25.7 Å². The number of rotatable bonds is 7. The lowest BCUT2D eigenvalue weighted by Gasteiger charge is -2.10. The van der Waals surface area contributed by atoms with E-state index in [1.165, 1.54) is 12.1 Å². The van der Waals surface area contributed by atoms with Crippen LogP contribution in [0.3, 0.4) is 0 Å². The molecule has 0 spiro atoms. The van der Waals surface area contributed by atoms with Gasteiger partial charge in [-0.3, -0.25) is 9.59 Å². The molecule has 2 N–H and O–H groups in total. The fourth-order valence-corrected chi connectivity index (χ4v) is 3.27. The van der Waals surface area contributed by atoms with Crippen molar-refractivity contribution in [3.05, 3.63) is 59.2 Å². The Hall–Kier alpha value is -2.71. The summed E-state index contributed by atoms with van der Waals surface area (Å²) in [5, 5.41) is 2.62. The Morgan fingerprint density at radius 3 is 2.33 bits per heavy atom. The molecule has 2 rings (SSSR count). The molecule has 0 saturated heterocycles. The van der Waals surface area contributed by atoms with Gasteiger partial charge in [0.1, 0.15) is 6.54 Å². The number of carbonyl (C=O) groups excluding carboxylic acids is 2. The van der Waals surface area contributed by atoms with Crippen LogP contribution < -0.4 is 10.0 Å². The third-order valence-electron chi connectivity index (χ3n) is 3.98. The molecule has 0 aliphatic carbocycles. The van der Waals surface area contributed by atoms with E-state index < -0.39 is 35.1 Å². The number of ether oxygens (including phenoxy) is 1. The zero-order chi connectivity index (χ0) is 20.0. The summed E-state index contributed by atoms with van der Waals surface area (Å²) in [6.07, 6.45) is 0. The number of anilines is 1. The highest BCUT2D eigenvalue weighted by atomic mass is 32.2. The second-order valence-corrected chi connectivity index (χ2v) is 7.86. The van der Waals surface area contributed by atoms with Gasteiger partial charge in [0.05, 0.1) is 4.90 Å². The maximum absolute atomic E-state index is 12.2. The van der Waals surface area contributed by atoms with Crippen molar-refractivity contribution in [1.29, 1.82) is 0 Å². The van der Waals surface area contributed by atoms with E-state index in [4.69, 9.17) is 4.74 Å². The summed E-state index contributed by atoms with van der Waals surface area (Å²) in [5.41, 5.74) is 3.29. The third kappa shape index (κ3) is 5.90. The lowest BCUT2D eigenvalue weighted by atomic mass is 10.1. The highest BCUT2D eigenvalue weighted by Gasteiger charge is 2.17. The van der Waals surface area contributed by atoms with Gasteiger partial charge in [-0.05, 0) is 55.7 Å². The monoisotopic (exact) mass is 390 g/mol. The first-order chi connectivity index (χ1) is 12.7. The van der Waals surface area contributed by atoms with Crippen LogP contribution in [0.4, 0.5) is 5.69 Å². The van der Waals surface area contributed by atoms with Crippen LogP contribution >= 0.6 is 0 Å². The summed E-state index contributed by atoms with van der Waals surface area (Å²) in [5.74, 6) is -1.35. The minimum absolute atomic E-state index is 0.0655. The van der Waals surface area contributed by atoms with Crippen LogP contribution in [-0.4, -0.2) is 33.4 Å². The average Bonchev–Trinajstić information content (AvgIpc) is 2.62. The Morgan fingerprint density at radius 1 is 0.963 bits per heavy atom. The van der Waals surface area contributed by atoms with Crippen LogP contribution in [0.2, 0.25) is 0 Å². The minimum atomic E-state index is -3.84. The zero-order valence-corrected chi connectivity index (χ0v) is 16.2. The summed E-state index contributed by atoms with van der Waals surface area (Å²) in [4.78, 5) is 23.6. The summed E-state index contributed by atoms with van der Waals surface area (Å²) in [7, 11) is -3.84. The molecule has 0 bridgehead atoms. The second-order valence-electron chi connectivity index (χ2n) is 6.09. The summed E-state index contributed by atoms with van der Waals surface area (Å²) in [6, 6.07) is 11.9. The van der Waals surface area contributed by atoms with Crippen molar-refractivity contribution in [2.24, 2.45) is 0 Å². The molecule has 0 unspecified atom stereocenters. The number of aryl methyl sites for hydroxylation is 3. The first kappa shape index (κ1) is 20.6. The van der Waals surface area contributed by atoms with Crippen LogP contribution in [0.15, 0.2) is 47.4 Å². The third-order valence-corrected chi connectivity index (χ3v) is 5.38. The Labute approximate surface area is 158 Å². The Balaban J connectivity index is 1.84. The predicted molar refractivity (Wildman–Crippen MR) is 102 cm³/mol. The van der Waals surface area contributed by atoms with Gasteiger partial charge in [-0.25, -0.2) is 8.42 Å². The number of benzene rings is 2. The lowest BCUT2D eigenvalue weighted by molar-refractivity contribution is -0.146. The summed E-state index contributed by atoms with van der Waals surface area (Å²) >= 11 is 0. The highest BCUT2D eigenvalue weighted by molar-refractivity contribution is 7.89. The minimum Gasteiger partial charge on any atom is -0.455 e. The summed E-state index contributed by atoms with van der Waals surface area (Å²) in [6.45, 7) is 4.45. The van der Waals surface area contributed by atoms with Crippen molar-refractivity contribution in [3.8, 4) is 0 Å². The number of nitrogens with one attached hydrogen (secondary N) is 2. The largest absolute Gasteiger partial charge is 0.455 e. The summed E-state index contributed by atoms with van der Waals surface area (Å²) < 4.78 is 31.4. The molecule has 0 fully saturated rings. The van der Waals surface area contributed by atoms with Crippen molar-refractivity contribution >= 4 is 27.6 Å². The van der Waals surface area contributed by atoms with E-state index in [2.05, 4.69) is 10.0 Å². The molecule has 0 saturated carbocycles. The number of sulfonamides is 1. The van der Waals surface area contributed by atoms with Gasteiger partial charge in [0.15, 0.2) is 6.61 Å². The lowest BCUT2D eigenvalue weighted by Crippen LogP contribution is -2.32. The number of carbonyl (C=O) groups is 2. The number of hydrogen-bond acceptors (Lipinski definition) is 5. The normalized spacial score (nSPS) is 11.1. The quantitative estimate of drug-likeness (QED) is 0.705. The molecular formula is C19H22N2O5S. The van der Waals surface area contributed by atoms with E-state index in [0.717, 1.165) is 16.7 Å². The van der Waals surface area contributed by atoms with E-state index in [9.17, 15) is 18.0 Å². The molecule has 2 aromatic carbocycles. The van der Waals surface area contributed by atoms with Gasteiger partial charge in [-0.1, -0.05) is 24.3 Å². The Morgan fingerprint density at radius 2 is 1.67 bits per heavy atom. The zero-order valence-electron chi connectivity index (χ0n) is 15.4. The topological polar surface area (TPSA) is 102 Å². The van der Waals surface area contributed by atoms with Crippen LogP contribution in [0.25, 0.3) is 0 Å². The Bertz CT molecular complexity index is 954. The first-order valence-electron chi connectivity index (χ1n) is 8.27. The van der Waals surface area contributed by atoms with Gasteiger partial charge < -0.3 is 10.1 Å². The van der Waals surface area contributed by atoms with Crippen molar-refractivity contribution in [3.63, 3.8) is 0 Å². The molecule has 0 radical (unpaired) electrons. The highest BCUT2D eigenvalue weighted by Crippen LogP contribution is 2.14. The maximum Gasteiger partial charge on any atom is 0.321 e. The molecule has 0 heterocycles. The van der Waals surface area contributed by atoms with Gasteiger partial charge in [0.25, 0.3) is 5.91 Å². The van der Waals surface area contributed by atoms with Gasteiger partial charge in [-0.15, -0.1) is 0 Å². The smallest absolute Gasteiger partial charge is 0.321 e. The molecule has 27 heavy (non-hydrogen) atoms. The van der Waals surface area contributed by atoms with Crippen LogP contribution in [0, 0.1) is 20.8 Å². The first-order valence-corrected chi connectivity index (χ1v) is 9.75. The number of amides is 1. The van der Waals surface area contributed by atoms with E-state index in [1.807, 2.05) is 26.0 Å². The van der Waals surface area contributed by atoms with Gasteiger partial charge in [0, 0.05) is 5.69 Å². The van der Waals surface area contributed by atoms with Crippen molar-refractivity contribution in [1.82, 2.24) is 4.72 Å². The molecule has 0 aliphatic heterocycles. The molecular weight excluding hydrogens is 368 g/mol.